The van der Waals surface area contributed by atoms with Gasteiger partial charge in [-0.25, -0.2) is 9.97 Å². The number of fused-ring (bicyclic) bond motifs is 5. The average molecular weight is 677 g/mol. The number of hydrogen-bond donors (Lipinski definition) is 0. The Balaban J connectivity index is 1.24. The predicted molar refractivity (Wildman–Crippen MR) is 209 cm³/mol. The molecule has 51 heavy (non-hydrogen) atoms. The Labute approximate surface area is 294 Å². The molecular weight excluding hydrogens is 647 g/mol. The molecule has 7 aromatic carbocycles. The van der Waals surface area contributed by atoms with Gasteiger partial charge in [0.25, 0.3) is 0 Å². The van der Waals surface area contributed by atoms with Crippen LogP contribution in [0, 0.1) is 0 Å². The molecule has 1 atom stereocenters. The highest BCUT2D eigenvalue weighted by molar-refractivity contribution is 7.75. The van der Waals surface area contributed by atoms with Crippen LogP contribution < -0.4 is 14.9 Å². The molecule has 7 heteroatoms. The molecule has 0 aliphatic carbocycles. The summed E-state index contributed by atoms with van der Waals surface area (Å²) in [6.45, 7) is 0. The molecule has 0 bridgehead atoms. The summed E-state index contributed by atoms with van der Waals surface area (Å²) in [7, 11) is -3.86. The van der Waals surface area contributed by atoms with Crippen molar-refractivity contribution < 1.29 is 8.98 Å². The van der Waals surface area contributed by atoms with Gasteiger partial charge in [0, 0.05) is 33.1 Å². The first-order chi connectivity index (χ1) is 25.2. The van der Waals surface area contributed by atoms with E-state index in [-0.39, 0.29) is 5.57 Å². The minimum atomic E-state index is -3.86. The Kier molecular flexibility index (Phi) is 6.66. The van der Waals surface area contributed by atoms with Gasteiger partial charge in [0.1, 0.15) is 11.2 Å². The number of hydrogen-bond acceptors (Lipinski definition) is 4. The molecule has 1 aliphatic heterocycles. The van der Waals surface area contributed by atoms with Gasteiger partial charge in [0.15, 0.2) is 0 Å². The van der Waals surface area contributed by atoms with Crippen LogP contribution in [0.4, 0.5) is 22.7 Å². The molecule has 6 nitrogen and oxygen atoms in total. The predicted octanol–water partition coefficient (Wildman–Crippen LogP) is 11.7. The van der Waals surface area contributed by atoms with Crippen molar-refractivity contribution in [2.45, 2.75) is 0 Å². The molecule has 242 valence electrons. The Bertz CT molecular complexity index is 2800. The third-order valence-electron chi connectivity index (χ3n) is 9.58. The lowest BCUT2D eigenvalue weighted by atomic mass is 10.0. The maximum absolute atomic E-state index is 16.6. The largest absolute Gasteiger partial charge is 0.456 e. The summed E-state index contributed by atoms with van der Waals surface area (Å²) >= 11 is 0. The third kappa shape index (κ3) is 4.61. The molecule has 1 aliphatic rings. The lowest BCUT2D eigenvalue weighted by Gasteiger charge is -2.32. The molecule has 0 saturated carbocycles. The second-order valence-electron chi connectivity index (χ2n) is 12.6. The number of para-hydroxylation sites is 4. The van der Waals surface area contributed by atoms with E-state index in [2.05, 4.69) is 36.4 Å². The number of benzene rings is 7. The molecule has 10 rings (SSSR count). The van der Waals surface area contributed by atoms with Crippen LogP contribution in [0.5, 0.6) is 0 Å². The highest BCUT2D eigenvalue weighted by atomic mass is 31.2. The fourth-order valence-corrected chi connectivity index (χ4v) is 10.1. The minimum Gasteiger partial charge on any atom is -0.456 e. The van der Waals surface area contributed by atoms with Crippen LogP contribution >= 0.6 is 7.44 Å². The fraction of sp³-hybridized carbons (Fsp3) is 0. The number of nitrogens with zero attached hydrogens (tertiary/aromatic N) is 4. The van der Waals surface area contributed by atoms with E-state index in [0.29, 0.717) is 0 Å². The van der Waals surface area contributed by atoms with Gasteiger partial charge in [0.05, 0.1) is 22.6 Å². The first kappa shape index (κ1) is 29.4. The first-order valence-electron chi connectivity index (χ1n) is 16.9. The van der Waals surface area contributed by atoms with Crippen LogP contribution in [0.1, 0.15) is 0 Å². The maximum Gasteiger partial charge on any atom is 0.338 e. The van der Waals surface area contributed by atoms with Crippen molar-refractivity contribution in [3.63, 3.8) is 0 Å². The molecule has 1 unspecified atom stereocenters. The molecule has 2 aromatic heterocycles. The van der Waals surface area contributed by atoms with Gasteiger partial charge in [-0.3, -0.25) is 13.9 Å². The van der Waals surface area contributed by atoms with Gasteiger partial charge in [-0.15, -0.1) is 0 Å². The van der Waals surface area contributed by atoms with Gasteiger partial charge in [-0.1, -0.05) is 115 Å². The van der Waals surface area contributed by atoms with Crippen molar-refractivity contribution in [1.29, 1.82) is 0 Å². The van der Waals surface area contributed by atoms with Gasteiger partial charge in [-0.2, -0.15) is 0 Å². The van der Waals surface area contributed by atoms with Crippen molar-refractivity contribution in [2.75, 3.05) is 9.34 Å². The van der Waals surface area contributed by atoms with E-state index in [9.17, 15) is 0 Å². The summed E-state index contributed by atoms with van der Waals surface area (Å²) in [4.78, 5) is 10.3. The summed E-state index contributed by atoms with van der Waals surface area (Å²) < 4.78 is 26.7. The molecule has 0 spiro atoms. The first-order valence-corrected chi connectivity index (χ1v) is 18.5. The number of furan rings is 1. The van der Waals surface area contributed by atoms with Gasteiger partial charge in [-0.05, 0) is 71.8 Å². The average Bonchev–Trinajstić information content (AvgIpc) is 3.70. The summed E-state index contributed by atoms with van der Waals surface area (Å²) in [6, 6.07) is 58.5. The Morgan fingerprint density at radius 1 is 0.451 bits per heavy atom. The van der Waals surface area contributed by atoms with Crippen molar-refractivity contribution in [2.24, 2.45) is 0 Å². The highest BCUT2D eigenvalue weighted by Gasteiger charge is 2.51. The van der Waals surface area contributed by atoms with Crippen LogP contribution in [0.3, 0.4) is 0 Å². The molecule has 3 heterocycles. The Hall–Kier alpha value is -6.49. The summed E-state index contributed by atoms with van der Waals surface area (Å²) in [5, 5.41) is 3.03. The Morgan fingerprint density at radius 2 is 1.02 bits per heavy atom. The maximum atomic E-state index is 16.6. The monoisotopic (exact) mass is 676 g/mol. The van der Waals surface area contributed by atoms with Crippen LogP contribution in [0.2, 0.25) is 0 Å². The zero-order valence-electron chi connectivity index (χ0n) is 27.3. The molecule has 0 N–H and O–H groups in total. The van der Waals surface area contributed by atoms with Crippen LogP contribution in [-0.4, -0.2) is 9.97 Å². The van der Waals surface area contributed by atoms with E-state index in [1.54, 1.807) is 0 Å². The molecule has 0 saturated heterocycles. The van der Waals surface area contributed by atoms with E-state index < -0.39 is 7.44 Å². The van der Waals surface area contributed by atoms with Crippen LogP contribution in [0.25, 0.3) is 55.2 Å². The standard InChI is InChI=1S/C44H29N4O2P/c49-51(44-45-38-22-12-10-21-36(38)43(46-44)30-14-4-1-5-15-30)47(33-16-6-2-7-17-33)39-26-24-32(29-40(39)48(51)34-18-8-3-9-19-34)31-25-27-42-37(28-31)35-20-11-13-23-41(35)50-42/h1-29H. The normalized spacial score (nSPS) is 15.5. The topological polar surface area (TPSA) is 62.5 Å². The van der Waals surface area contributed by atoms with Gasteiger partial charge >= 0.3 is 7.44 Å². The van der Waals surface area contributed by atoms with Crippen molar-refractivity contribution >= 4 is 68.6 Å². The summed E-state index contributed by atoms with van der Waals surface area (Å²) in [6.07, 6.45) is 0. The quantitative estimate of drug-likeness (QED) is 0.169. The van der Waals surface area contributed by atoms with Crippen molar-refractivity contribution in [3.05, 3.63) is 176 Å². The lowest BCUT2D eigenvalue weighted by molar-refractivity contribution is 0.581. The smallest absolute Gasteiger partial charge is 0.338 e. The lowest BCUT2D eigenvalue weighted by Crippen LogP contribution is -2.30. The van der Waals surface area contributed by atoms with Gasteiger partial charge < -0.3 is 4.42 Å². The van der Waals surface area contributed by atoms with Crippen molar-refractivity contribution in [3.8, 4) is 22.4 Å². The minimum absolute atomic E-state index is 0.261. The van der Waals surface area contributed by atoms with E-state index in [1.165, 1.54) is 0 Å². The Morgan fingerprint density at radius 3 is 1.76 bits per heavy atom. The van der Waals surface area contributed by atoms with E-state index in [4.69, 9.17) is 14.4 Å². The van der Waals surface area contributed by atoms with E-state index >= 15 is 4.57 Å². The second-order valence-corrected chi connectivity index (χ2v) is 14.9. The summed E-state index contributed by atoms with van der Waals surface area (Å²) in [5.41, 5.74) is 9.58. The summed E-state index contributed by atoms with van der Waals surface area (Å²) in [5.74, 6) is 0. The molecule has 0 amide bonds. The fourth-order valence-electron chi connectivity index (χ4n) is 7.26. The molecule has 9 aromatic rings. The van der Waals surface area contributed by atoms with E-state index in [1.807, 2.05) is 149 Å². The highest BCUT2D eigenvalue weighted by Crippen LogP contribution is 2.70. The third-order valence-corrected chi connectivity index (χ3v) is 12.3. The number of rotatable bonds is 5. The number of anilines is 4. The van der Waals surface area contributed by atoms with Crippen LogP contribution in [-0.2, 0) is 4.57 Å². The second kappa shape index (κ2) is 11.5. The molecule has 0 fully saturated rings. The zero-order valence-corrected chi connectivity index (χ0v) is 28.2. The van der Waals surface area contributed by atoms with E-state index in [0.717, 1.165) is 78.0 Å². The molecular formula is C44H29N4O2P. The van der Waals surface area contributed by atoms with Gasteiger partial charge in [0.2, 0.25) is 5.57 Å². The SMILES string of the molecule is O=P1(c2nc(-c3ccccc3)c3ccccc3n2)N(c2ccccc2)c2ccc(-c3ccc4oc5ccccc5c4c3)cc2N1c1ccccc1. The van der Waals surface area contributed by atoms with Crippen LogP contribution in [0.15, 0.2) is 180 Å². The zero-order chi connectivity index (χ0) is 33.9. The molecule has 0 radical (unpaired) electrons. The number of aromatic nitrogens is 2. The van der Waals surface area contributed by atoms with Crippen molar-refractivity contribution in [1.82, 2.24) is 9.97 Å².